The van der Waals surface area contributed by atoms with Crippen LogP contribution in [-0.4, -0.2) is 17.5 Å². The topological polar surface area (TPSA) is 32.3 Å². The molecule has 120 valence electrons. The summed E-state index contributed by atoms with van der Waals surface area (Å²) in [7, 11) is 0. The quantitative estimate of drug-likeness (QED) is 0.794. The maximum Gasteiger partial charge on any atom is 0.322 e. The lowest BCUT2D eigenvalue weighted by Crippen LogP contribution is -2.34. The van der Waals surface area contributed by atoms with E-state index in [0.717, 1.165) is 30.6 Å². The summed E-state index contributed by atoms with van der Waals surface area (Å²) < 4.78 is 0. The van der Waals surface area contributed by atoms with Gasteiger partial charge in [0.2, 0.25) is 0 Å². The minimum absolute atomic E-state index is 0.0596. The molecule has 1 atom stereocenters. The molecule has 1 aliphatic heterocycles. The van der Waals surface area contributed by atoms with Crippen molar-refractivity contribution in [3.63, 3.8) is 0 Å². The van der Waals surface area contributed by atoms with Crippen LogP contribution < -0.4 is 5.32 Å². The van der Waals surface area contributed by atoms with Crippen LogP contribution in [0.3, 0.4) is 0 Å². The first-order valence-electron chi connectivity index (χ1n) is 7.95. The first-order valence-corrected chi connectivity index (χ1v) is 8.33. The number of urea groups is 1. The highest BCUT2D eigenvalue weighted by Gasteiger charge is 2.30. The second-order valence-corrected chi connectivity index (χ2v) is 6.51. The molecule has 0 aromatic heterocycles. The van der Waals surface area contributed by atoms with Crippen molar-refractivity contribution in [1.82, 2.24) is 4.90 Å². The Morgan fingerprint density at radius 2 is 1.96 bits per heavy atom. The summed E-state index contributed by atoms with van der Waals surface area (Å²) in [5, 5.41) is 3.64. The monoisotopic (exact) mass is 328 g/mol. The lowest BCUT2D eigenvalue weighted by molar-refractivity contribution is 0.207. The molecular formula is C19H21ClN2O. The van der Waals surface area contributed by atoms with Crippen molar-refractivity contribution in [2.75, 3.05) is 11.9 Å². The fourth-order valence-corrected chi connectivity index (χ4v) is 3.34. The molecule has 0 bridgehead atoms. The van der Waals surface area contributed by atoms with E-state index in [4.69, 9.17) is 11.6 Å². The molecule has 2 aromatic carbocycles. The van der Waals surface area contributed by atoms with E-state index in [9.17, 15) is 4.79 Å². The largest absolute Gasteiger partial charge is 0.322 e. The highest BCUT2D eigenvalue weighted by atomic mass is 35.5. The maximum absolute atomic E-state index is 12.7. The molecule has 1 N–H and O–H groups in total. The number of nitrogens with one attached hydrogen (secondary N) is 1. The van der Waals surface area contributed by atoms with E-state index in [0.29, 0.717) is 5.02 Å². The van der Waals surface area contributed by atoms with Crippen LogP contribution in [0.15, 0.2) is 42.5 Å². The lowest BCUT2D eigenvalue weighted by Gasteiger charge is -2.26. The number of carbonyl (C=O) groups is 1. The predicted octanol–water partition coefficient (Wildman–Crippen LogP) is 5.33. The van der Waals surface area contributed by atoms with Gasteiger partial charge in [0, 0.05) is 17.3 Å². The summed E-state index contributed by atoms with van der Waals surface area (Å²) in [6.07, 6.45) is 2.04. The van der Waals surface area contributed by atoms with E-state index >= 15 is 0 Å². The number of rotatable bonds is 2. The van der Waals surface area contributed by atoms with Crippen LogP contribution in [0.4, 0.5) is 10.5 Å². The molecule has 3 rings (SSSR count). The number of halogens is 1. The van der Waals surface area contributed by atoms with E-state index in [2.05, 4.69) is 24.4 Å². The zero-order valence-corrected chi connectivity index (χ0v) is 14.2. The minimum Gasteiger partial charge on any atom is -0.317 e. The number of benzene rings is 2. The summed E-state index contributed by atoms with van der Waals surface area (Å²) in [6, 6.07) is 14.0. The molecular weight excluding hydrogens is 308 g/mol. The Hall–Kier alpha value is -2.00. The van der Waals surface area contributed by atoms with Crippen molar-refractivity contribution < 1.29 is 4.79 Å². The summed E-state index contributed by atoms with van der Waals surface area (Å²) in [6.45, 7) is 4.83. The van der Waals surface area contributed by atoms with Gasteiger partial charge in [0.05, 0.1) is 6.04 Å². The zero-order chi connectivity index (χ0) is 16.4. The molecule has 1 fully saturated rings. The molecule has 0 saturated carbocycles. The van der Waals surface area contributed by atoms with Gasteiger partial charge < -0.3 is 10.2 Å². The number of nitrogens with zero attached hydrogens (tertiary/aromatic N) is 1. The summed E-state index contributed by atoms with van der Waals surface area (Å²) >= 11 is 6.14. The summed E-state index contributed by atoms with van der Waals surface area (Å²) in [4.78, 5) is 14.6. The third-order valence-corrected chi connectivity index (χ3v) is 4.89. The van der Waals surface area contributed by atoms with Crippen LogP contribution in [0, 0.1) is 13.8 Å². The van der Waals surface area contributed by atoms with Crippen molar-refractivity contribution in [2.24, 2.45) is 0 Å². The standard InChI is InChI=1S/C19H21ClN2O/c1-13-6-3-4-7-16(13)18-8-5-11-22(18)19(23)21-15-10-9-14(2)17(20)12-15/h3-4,6-7,9-10,12,18H,5,8,11H2,1-2H3,(H,21,23)/t18-/m0/s1. The van der Waals surface area contributed by atoms with Crippen LogP contribution in [-0.2, 0) is 0 Å². The fraction of sp³-hybridized carbons (Fsp3) is 0.316. The third-order valence-electron chi connectivity index (χ3n) is 4.48. The van der Waals surface area contributed by atoms with E-state index < -0.39 is 0 Å². The van der Waals surface area contributed by atoms with Crippen molar-refractivity contribution >= 4 is 23.3 Å². The van der Waals surface area contributed by atoms with Crippen molar-refractivity contribution in [2.45, 2.75) is 32.7 Å². The molecule has 3 nitrogen and oxygen atoms in total. The number of carbonyl (C=O) groups excluding carboxylic acids is 1. The molecule has 1 aliphatic rings. The van der Waals surface area contributed by atoms with Gasteiger partial charge in [0.15, 0.2) is 0 Å². The van der Waals surface area contributed by atoms with Gasteiger partial charge in [-0.3, -0.25) is 0 Å². The van der Waals surface area contributed by atoms with Crippen molar-refractivity contribution in [3.8, 4) is 0 Å². The van der Waals surface area contributed by atoms with E-state index in [1.807, 2.05) is 36.1 Å². The lowest BCUT2D eigenvalue weighted by atomic mass is 9.99. The van der Waals surface area contributed by atoms with Gasteiger partial charge in [0.25, 0.3) is 0 Å². The van der Waals surface area contributed by atoms with E-state index in [1.165, 1.54) is 11.1 Å². The summed E-state index contributed by atoms with van der Waals surface area (Å²) in [5.74, 6) is 0. The van der Waals surface area contributed by atoms with E-state index in [1.54, 1.807) is 6.07 Å². The van der Waals surface area contributed by atoms with Gasteiger partial charge >= 0.3 is 6.03 Å². The third kappa shape index (κ3) is 3.35. The smallest absolute Gasteiger partial charge is 0.317 e. The van der Waals surface area contributed by atoms with Gasteiger partial charge in [-0.15, -0.1) is 0 Å². The molecule has 1 heterocycles. The Balaban J connectivity index is 1.78. The number of hydrogen-bond acceptors (Lipinski definition) is 1. The van der Waals surface area contributed by atoms with Gasteiger partial charge in [0.1, 0.15) is 0 Å². The van der Waals surface area contributed by atoms with Crippen LogP contribution in [0.25, 0.3) is 0 Å². The molecule has 2 aromatic rings. The Bertz CT molecular complexity index is 729. The predicted molar refractivity (Wildman–Crippen MR) is 95.1 cm³/mol. The highest BCUT2D eigenvalue weighted by molar-refractivity contribution is 6.31. The molecule has 0 radical (unpaired) electrons. The number of anilines is 1. The van der Waals surface area contributed by atoms with Crippen molar-refractivity contribution in [3.05, 3.63) is 64.2 Å². The minimum atomic E-state index is -0.0596. The Morgan fingerprint density at radius 3 is 2.70 bits per heavy atom. The second kappa shape index (κ2) is 6.63. The van der Waals surface area contributed by atoms with Crippen LogP contribution in [0.2, 0.25) is 5.02 Å². The zero-order valence-electron chi connectivity index (χ0n) is 13.5. The van der Waals surface area contributed by atoms with E-state index in [-0.39, 0.29) is 12.1 Å². The van der Waals surface area contributed by atoms with Gasteiger partial charge in [-0.2, -0.15) is 0 Å². The maximum atomic E-state index is 12.7. The number of aryl methyl sites for hydroxylation is 2. The van der Waals surface area contributed by atoms with Crippen molar-refractivity contribution in [1.29, 1.82) is 0 Å². The Morgan fingerprint density at radius 1 is 1.17 bits per heavy atom. The molecule has 2 amide bonds. The number of hydrogen-bond donors (Lipinski definition) is 1. The Labute approximate surface area is 142 Å². The van der Waals surface area contributed by atoms with Gasteiger partial charge in [-0.05, 0) is 55.5 Å². The Kier molecular flexibility index (Phi) is 4.58. The first kappa shape index (κ1) is 15.9. The van der Waals surface area contributed by atoms with Crippen LogP contribution >= 0.6 is 11.6 Å². The number of amides is 2. The van der Waals surface area contributed by atoms with Gasteiger partial charge in [-0.25, -0.2) is 4.79 Å². The van der Waals surface area contributed by atoms with Crippen LogP contribution in [0.1, 0.15) is 35.6 Å². The highest BCUT2D eigenvalue weighted by Crippen LogP contribution is 2.34. The SMILES string of the molecule is Cc1ccc(NC(=O)N2CCC[C@H]2c2ccccc2C)cc1Cl. The first-order chi connectivity index (χ1) is 11.1. The van der Waals surface area contributed by atoms with Gasteiger partial charge in [-0.1, -0.05) is 41.9 Å². The fourth-order valence-electron chi connectivity index (χ4n) is 3.16. The average Bonchev–Trinajstić information content (AvgIpc) is 3.01. The molecule has 23 heavy (non-hydrogen) atoms. The second-order valence-electron chi connectivity index (χ2n) is 6.10. The molecule has 0 spiro atoms. The van der Waals surface area contributed by atoms with Crippen LogP contribution in [0.5, 0.6) is 0 Å². The molecule has 0 aliphatic carbocycles. The normalized spacial score (nSPS) is 17.3. The molecule has 4 heteroatoms. The molecule has 1 saturated heterocycles. The molecule has 0 unspecified atom stereocenters. The average molecular weight is 329 g/mol. The summed E-state index contributed by atoms with van der Waals surface area (Å²) in [5.41, 5.74) is 4.21. The number of likely N-dealkylation sites (tertiary alicyclic amines) is 1.